The van der Waals surface area contributed by atoms with Gasteiger partial charge in [-0.2, -0.15) is 0 Å². The van der Waals surface area contributed by atoms with Crippen LogP contribution >= 0.6 is 0 Å². The fourth-order valence-corrected chi connectivity index (χ4v) is 8.13. The molecule has 6 heteroatoms. The summed E-state index contributed by atoms with van der Waals surface area (Å²) in [5.41, 5.74) is 8.43. The molecule has 1 N–H and O–H groups in total. The van der Waals surface area contributed by atoms with E-state index in [1.165, 1.54) is 27.1 Å². The van der Waals surface area contributed by atoms with Gasteiger partial charge in [-0.15, -0.1) is 0 Å². The molecular formula is C48H32N6. The third kappa shape index (κ3) is 4.77. The zero-order valence-corrected chi connectivity index (χ0v) is 29.1. The molecule has 0 amide bonds. The molecule has 54 heavy (non-hydrogen) atoms. The van der Waals surface area contributed by atoms with E-state index in [2.05, 4.69) is 172 Å². The zero-order chi connectivity index (χ0) is 35.6. The van der Waals surface area contributed by atoms with Crippen molar-refractivity contribution in [1.82, 2.24) is 19.4 Å². The van der Waals surface area contributed by atoms with Gasteiger partial charge in [-0.1, -0.05) is 133 Å². The first-order valence-corrected chi connectivity index (χ1v) is 18.2. The van der Waals surface area contributed by atoms with Crippen LogP contribution in [0.5, 0.6) is 0 Å². The minimum absolute atomic E-state index is 0.559. The molecule has 4 heterocycles. The number of para-hydroxylation sites is 3. The van der Waals surface area contributed by atoms with E-state index in [-0.39, 0.29) is 0 Å². The normalized spacial score (nSPS) is 14.5. The Morgan fingerprint density at radius 2 is 1.02 bits per heavy atom. The molecule has 11 rings (SSSR count). The topological polar surface area (TPSA) is 59.5 Å². The van der Waals surface area contributed by atoms with E-state index in [4.69, 9.17) is 15.0 Å². The molecule has 1 unspecified atom stereocenters. The van der Waals surface area contributed by atoms with Gasteiger partial charge in [-0.25, -0.2) is 15.0 Å². The van der Waals surface area contributed by atoms with Gasteiger partial charge in [0.25, 0.3) is 0 Å². The van der Waals surface area contributed by atoms with Gasteiger partial charge in [0.05, 0.1) is 27.8 Å². The summed E-state index contributed by atoms with van der Waals surface area (Å²) in [5, 5.41) is 10.7. The molecule has 3 aromatic heterocycles. The summed E-state index contributed by atoms with van der Waals surface area (Å²) in [6, 6.07) is 63.8. The Labute approximate surface area is 311 Å². The maximum atomic E-state index is 5.38. The summed E-state index contributed by atoms with van der Waals surface area (Å²) >= 11 is 0. The summed E-state index contributed by atoms with van der Waals surface area (Å²) in [7, 11) is 0. The third-order valence-corrected chi connectivity index (χ3v) is 10.6. The second-order valence-corrected chi connectivity index (χ2v) is 13.7. The van der Waals surface area contributed by atoms with Crippen LogP contribution in [0.25, 0.3) is 65.9 Å². The molecule has 0 aliphatic carbocycles. The van der Waals surface area contributed by atoms with E-state index in [0.717, 1.165) is 67.3 Å². The molecule has 0 radical (unpaired) electrons. The van der Waals surface area contributed by atoms with Gasteiger partial charge in [-0.3, -0.25) is 4.57 Å². The number of hydrogen-bond donors (Lipinski definition) is 1. The number of hydrogen-bond acceptors (Lipinski definition) is 4. The summed E-state index contributed by atoms with van der Waals surface area (Å²) in [6.07, 6.45) is -0.559. The first-order chi connectivity index (χ1) is 26.8. The standard InChI is InChI=1S/C48H32N6/c1-3-16-32(17-4-1)46-50-47(37-24-13-18-31-15-7-8-21-34(31)37)52-48(51-46)40-25-14-28-45(49-40)54-42-27-12-10-23-36(42)39-29-38-35-22-9-11-26-41(35)53(43(38)30-44(39)54)33-19-5-2-6-20-33/h1-30,48H,(H,50,51,52). The number of pyridine rings is 1. The first kappa shape index (κ1) is 30.3. The number of benzene rings is 7. The Morgan fingerprint density at radius 3 is 1.80 bits per heavy atom. The molecular weight excluding hydrogens is 661 g/mol. The van der Waals surface area contributed by atoms with Crippen molar-refractivity contribution < 1.29 is 0 Å². The number of aliphatic imine (C=N–C) groups is 2. The Hall–Kier alpha value is -7.31. The van der Waals surface area contributed by atoms with Gasteiger partial charge in [0, 0.05) is 38.4 Å². The molecule has 0 saturated heterocycles. The number of nitrogens with zero attached hydrogens (tertiary/aromatic N) is 5. The SMILES string of the molecule is c1ccc(C2=NC(c3cccc(-n4c5ccccc5c5cc6c7ccccc7n(-c7ccccc7)c6cc54)n3)N=C(c3cccc4ccccc34)N2)cc1. The molecule has 0 fully saturated rings. The largest absolute Gasteiger partial charge is 0.324 e. The smallest absolute Gasteiger partial charge is 0.186 e. The van der Waals surface area contributed by atoms with Crippen molar-refractivity contribution in [2.24, 2.45) is 9.98 Å². The van der Waals surface area contributed by atoms with Crippen molar-refractivity contribution in [2.75, 3.05) is 0 Å². The van der Waals surface area contributed by atoms with Gasteiger partial charge in [0.2, 0.25) is 0 Å². The molecule has 0 saturated carbocycles. The van der Waals surface area contributed by atoms with Gasteiger partial charge in [-0.05, 0) is 59.3 Å². The Bertz CT molecular complexity index is 3130. The predicted molar refractivity (Wildman–Crippen MR) is 222 cm³/mol. The molecule has 254 valence electrons. The molecule has 10 aromatic rings. The summed E-state index contributed by atoms with van der Waals surface area (Å²) < 4.78 is 4.66. The third-order valence-electron chi connectivity index (χ3n) is 10.6. The minimum Gasteiger partial charge on any atom is -0.324 e. The quantitative estimate of drug-likeness (QED) is 0.195. The van der Waals surface area contributed by atoms with Gasteiger partial charge in [0.1, 0.15) is 17.5 Å². The predicted octanol–water partition coefficient (Wildman–Crippen LogP) is 10.9. The van der Waals surface area contributed by atoms with Crippen LogP contribution in [0, 0.1) is 0 Å². The van der Waals surface area contributed by atoms with Gasteiger partial charge in [0.15, 0.2) is 6.17 Å². The molecule has 0 bridgehead atoms. The average Bonchev–Trinajstić information content (AvgIpc) is 3.75. The fraction of sp³-hybridized carbons (Fsp3) is 0.0208. The van der Waals surface area contributed by atoms with Crippen LogP contribution in [0.2, 0.25) is 0 Å². The molecule has 1 aliphatic rings. The molecule has 1 aliphatic heterocycles. The van der Waals surface area contributed by atoms with Crippen LogP contribution < -0.4 is 5.32 Å². The number of rotatable bonds is 5. The lowest BCUT2D eigenvalue weighted by Crippen LogP contribution is -2.36. The van der Waals surface area contributed by atoms with E-state index >= 15 is 0 Å². The summed E-state index contributed by atoms with van der Waals surface area (Å²) in [4.78, 5) is 15.8. The number of aromatic nitrogens is 3. The molecule has 7 aromatic carbocycles. The van der Waals surface area contributed by atoms with Crippen molar-refractivity contribution in [3.63, 3.8) is 0 Å². The number of fused-ring (bicyclic) bond motifs is 7. The lowest BCUT2D eigenvalue weighted by atomic mass is 10.0. The molecule has 1 atom stereocenters. The van der Waals surface area contributed by atoms with Crippen LogP contribution in [0.3, 0.4) is 0 Å². The van der Waals surface area contributed by atoms with Crippen molar-refractivity contribution >= 4 is 66.1 Å². The second kappa shape index (κ2) is 12.1. The number of nitrogens with one attached hydrogen (secondary N) is 1. The molecule has 6 nitrogen and oxygen atoms in total. The van der Waals surface area contributed by atoms with Gasteiger partial charge < -0.3 is 9.88 Å². The van der Waals surface area contributed by atoms with Crippen LogP contribution in [0.1, 0.15) is 23.0 Å². The van der Waals surface area contributed by atoms with Crippen LogP contribution in [-0.4, -0.2) is 25.8 Å². The first-order valence-electron chi connectivity index (χ1n) is 18.2. The van der Waals surface area contributed by atoms with E-state index in [9.17, 15) is 0 Å². The van der Waals surface area contributed by atoms with Crippen molar-refractivity contribution in [3.05, 3.63) is 199 Å². The average molecular weight is 693 g/mol. The Kier molecular flexibility index (Phi) is 6.82. The highest BCUT2D eigenvalue weighted by atomic mass is 15.2. The van der Waals surface area contributed by atoms with E-state index in [1.807, 2.05) is 24.3 Å². The van der Waals surface area contributed by atoms with Gasteiger partial charge >= 0.3 is 0 Å². The van der Waals surface area contributed by atoms with E-state index < -0.39 is 6.17 Å². The molecule has 0 spiro atoms. The Balaban J connectivity index is 1.13. The van der Waals surface area contributed by atoms with E-state index in [1.54, 1.807) is 0 Å². The maximum absolute atomic E-state index is 5.38. The van der Waals surface area contributed by atoms with E-state index in [0.29, 0.717) is 0 Å². The van der Waals surface area contributed by atoms with Crippen LogP contribution in [0.4, 0.5) is 0 Å². The fourth-order valence-electron chi connectivity index (χ4n) is 8.13. The van der Waals surface area contributed by atoms with Crippen LogP contribution in [0.15, 0.2) is 192 Å². The zero-order valence-electron chi connectivity index (χ0n) is 29.1. The number of amidine groups is 2. The highest BCUT2D eigenvalue weighted by molar-refractivity contribution is 6.20. The highest BCUT2D eigenvalue weighted by Gasteiger charge is 2.24. The summed E-state index contributed by atoms with van der Waals surface area (Å²) in [6.45, 7) is 0. The second-order valence-electron chi connectivity index (χ2n) is 13.7. The summed E-state index contributed by atoms with van der Waals surface area (Å²) in [5.74, 6) is 2.35. The maximum Gasteiger partial charge on any atom is 0.186 e. The monoisotopic (exact) mass is 692 g/mol. The van der Waals surface area contributed by atoms with Crippen LogP contribution in [-0.2, 0) is 0 Å². The Morgan fingerprint density at radius 1 is 0.426 bits per heavy atom. The minimum atomic E-state index is -0.559. The van der Waals surface area contributed by atoms with Crippen molar-refractivity contribution in [2.45, 2.75) is 6.17 Å². The lowest BCUT2D eigenvalue weighted by Gasteiger charge is -2.23. The van der Waals surface area contributed by atoms with Crippen molar-refractivity contribution in [1.29, 1.82) is 0 Å². The highest BCUT2D eigenvalue weighted by Crippen LogP contribution is 2.39. The van der Waals surface area contributed by atoms with Crippen molar-refractivity contribution in [3.8, 4) is 11.5 Å². The lowest BCUT2D eigenvalue weighted by molar-refractivity contribution is 0.724.